The maximum Gasteiger partial charge on any atom is 0.338 e. The lowest BCUT2D eigenvalue weighted by molar-refractivity contribution is -0.0620. The zero-order valence-corrected chi connectivity index (χ0v) is 23.8. The Morgan fingerprint density at radius 3 is 1.84 bits per heavy atom. The van der Waals surface area contributed by atoms with E-state index in [1.54, 1.807) is 66.7 Å². The number of H-pyrrole nitrogens is 1. The standard InChI is InChI=1S/C32H26N4O9/c1-35-24-22(17-33-35)36(32(41)34-27(24)37)28-26(45-31(40)21-15-9-4-10-16-21)25(44-30(39)20-13-7-3-8-14-20)23(43-28)18-42-29(38)19-11-5-2-6-12-19/h2-17,23,25-26,28H,18H2,1H3,(H,34,37,41)/t23-,25-,26-,28-/m1/s1. The number of hydrogen-bond acceptors (Lipinski definition) is 10. The van der Waals surface area contributed by atoms with Gasteiger partial charge in [-0.05, 0) is 36.4 Å². The van der Waals surface area contributed by atoms with Crippen molar-refractivity contribution in [2.24, 2.45) is 7.05 Å². The molecule has 1 saturated heterocycles. The van der Waals surface area contributed by atoms with Gasteiger partial charge in [0.2, 0.25) is 0 Å². The number of aromatic amines is 1. The average Bonchev–Trinajstić information content (AvgIpc) is 3.61. The first kappa shape index (κ1) is 29.3. The van der Waals surface area contributed by atoms with E-state index in [1.165, 1.54) is 42.2 Å². The smallest absolute Gasteiger partial charge is 0.338 e. The molecule has 0 aliphatic carbocycles. The van der Waals surface area contributed by atoms with Crippen LogP contribution in [0.4, 0.5) is 0 Å². The lowest BCUT2D eigenvalue weighted by atomic mass is 10.1. The van der Waals surface area contributed by atoms with Crippen molar-refractivity contribution in [1.82, 2.24) is 19.3 Å². The number of hydrogen-bond donors (Lipinski definition) is 1. The third-order valence-corrected chi connectivity index (χ3v) is 7.27. The van der Waals surface area contributed by atoms with E-state index >= 15 is 0 Å². The van der Waals surface area contributed by atoms with E-state index < -0.39 is 60.3 Å². The van der Waals surface area contributed by atoms with Crippen molar-refractivity contribution in [3.63, 3.8) is 0 Å². The molecule has 13 nitrogen and oxygen atoms in total. The number of carbonyl (C=O) groups is 3. The molecule has 2 aromatic heterocycles. The molecule has 45 heavy (non-hydrogen) atoms. The summed E-state index contributed by atoms with van der Waals surface area (Å²) < 4.78 is 25.9. The highest BCUT2D eigenvalue weighted by atomic mass is 16.7. The van der Waals surface area contributed by atoms with Crippen LogP contribution >= 0.6 is 0 Å². The van der Waals surface area contributed by atoms with Crippen LogP contribution in [0.2, 0.25) is 0 Å². The zero-order valence-electron chi connectivity index (χ0n) is 23.8. The Kier molecular flexibility index (Phi) is 8.08. The number of aromatic nitrogens is 4. The summed E-state index contributed by atoms with van der Waals surface area (Å²) in [7, 11) is 1.52. The van der Waals surface area contributed by atoms with Gasteiger partial charge in [-0.2, -0.15) is 5.10 Å². The molecule has 228 valence electrons. The summed E-state index contributed by atoms with van der Waals surface area (Å²) in [4.78, 5) is 67.7. The van der Waals surface area contributed by atoms with Gasteiger partial charge in [0, 0.05) is 7.05 Å². The molecular weight excluding hydrogens is 584 g/mol. The van der Waals surface area contributed by atoms with Crippen LogP contribution in [0.15, 0.2) is 107 Å². The van der Waals surface area contributed by atoms with Crippen LogP contribution in [0.1, 0.15) is 37.3 Å². The molecule has 1 fully saturated rings. The molecule has 0 bridgehead atoms. The van der Waals surface area contributed by atoms with Crippen LogP contribution in [0.3, 0.4) is 0 Å². The fourth-order valence-corrected chi connectivity index (χ4v) is 5.11. The number of ether oxygens (including phenoxy) is 4. The second kappa shape index (κ2) is 12.4. The SMILES string of the molecule is Cn1ncc2c1c(=O)[nH]c(=O)n2[C@@H]1O[C@H](COC(=O)c2ccccc2)[C@@H](OC(=O)c2ccccc2)[C@H]1OC(=O)c1ccccc1. The molecule has 3 heterocycles. The Morgan fingerprint density at radius 2 is 1.29 bits per heavy atom. The summed E-state index contributed by atoms with van der Waals surface area (Å²) in [6.45, 7) is -0.440. The molecule has 0 unspecified atom stereocenters. The van der Waals surface area contributed by atoms with E-state index in [0.29, 0.717) is 0 Å². The van der Waals surface area contributed by atoms with Gasteiger partial charge in [0.25, 0.3) is 5.56 Å². The van der Waals surface area contributed by atoms with Gasteiger partial charge in [0.1, 0.15) is 18.2 Å². The number of nitrogens with zero attached hydrogens (tertiary/aromatic N) is 3. The lowest BCUT2D eigenvalue weighted by Gasteiger charge is -2.25. The molecule has 0 amide bonds. The highest BCUT2D eigenvalue weighted by molar-refractivity contribution is 5.91. The molecule has 13 heteroatoms. The number of carbonyl (C=O) groups excluding carboxylic acids is 3. The molecule has 4 atom stereocenters. The van der Waals surface area contributed by atoms with Gasteiger partial charge < -0.3 is 18.9 Å². The molecule has 1 aliphatic rings. The number of nitrogens with one attached hydrogen (secondary N) is 1. The number of aryl methyl sites for hydroxylation is 1. The monoisotopic (exact) mass is 610 g/mol. The van der Waals surface area contributed by atoms with Crippen molar-refractivity contribution in [2.75, 3.05) is 6.61 Å². The van der Waals surface area contributed by atoms with E-state index in [9.17, 15) is 24.0 Å². The van der Waals surface area contributed by atoms with Crippen LogP contribution in [0, 0.1) is 0 Å². The minimum atomic E-state index is -1.45. The van der Waals surface area contributed by atoms with Crippen molar-refractivity contribution < 1.29 is 33.3 Å². The largest absolute Gasteiger partial charge is 0.459 e. The summed E-state index contributed by atoms with van der Waals surface area (Å²) in [6.07, 6.45) is -4.18. The van der Waals surface area contributed by atoms with Gasteiger partial charge >= 0.3 is 23.6 Å². The number of fused-ring (bicyclic) bond motifs is 1. The Hall–Kier alpha value is -5.82. The minimum Gasteiger partial charge on any atom is -0.459 e. The van der Waals surface area contributed by atoms with Gasteiger partial charge in [-0.1, -0.05) is 54.6 Å². The van der Waals surface area contributed by atoms with Crippen LogP contribution in [-0.2, 0) is 26.0 Å². The molecule has 0 saturated carbocycles. The Morgan fingerprint density at radius 1 is 0.778 bits per heavy atom. The van der Waals surface area contributed by atoms with Crippen molar-refractivity contribution in [3.8, 4) is 0 Å². The quantitative estimate of drug-likeness (QED) is 0.204. The predicted molar refractivity (Wildman–Crippen MR) is 158 cm³/mol. The lowest BCUT2D eigenvalue weighted by Crippen LogP contribution is -2.43. The third kappa shape index (κ3) is 5.88. The van der Waals surface area contributed by atoms with Crippen molar-refractivity contribution in [3.05, 3.63) is 135 Å². The first-order chi connectivity index (χ1) is 21.8. The van der Waals surface area contributed by atoms with Gasteiger partial charge in [-0.3, -0.25) is 19.0 Å². The number of benzene rings is 3. The highest BCUT2D eigenvalue weighted by Gasteiger charge is 2.52. The summed E-state index contributed by atoms with van der Waals surface area (Å²) >= 11 is 0. The summed E-state index contributed by atoms with van der Waals surface area (Å²) in [5, 5.41) is 4.10. The molecule has 0 spiro atoms. The van der Waals surface area contributed by atoms with Crippen molar-refractivity contribution >= 4 is 28.9 Å². The molecule has 1 aliphatic heterocycles. The van der Waals surface area contributed by atoms with Gasteiger partial charge in [0.05, 0.1) is 28.4 Å². The Balaban J connectivity index is 1.43. The minimum absolute atomic E-state index is 0.0446. The van der Waals surface area contributed by atoms with E-state index in [1.807, 2.05) is 0 Å². The molecule has 5 aromatic rings. The maximum atomic E-state index is 13.4. The molecule has 6 rings (SSSR count). The predicted octanol–water partition coefficient (Wildman–Crippen LogP) is 2.63. The molecule has 3 aromatic carbocycles. The second-order valence-corrected chi connectivity index (χ2v) is 10.1. The summed E-state index contributed by atoms with van der Waals surface area (Å²) in [6, 6.07) is 24.4. The van der Waals surface area contributed by atoms with E-state index in [2.05, 4.69) is 10.1 Å². The van der Waals surface area contributed by atoms with Crippen LogP contribution in [0.25, 0.3) is 11.0 Å². The molecule has 0 radical (unpaired) electrons. The van der Waals surface area contributed by atoms with E-state index in [0.717, 1.165) is 4.57 Å². The molecule has 1 N–H and O–H groups in total. The van der Waals surface area contributed by atoms with Gasteiger partial charge in [-0.25, -0.2) is 19.2 Å². The first-order valence-corrected chi connectivity index (χ1v) is 13.9. The van der Waals surface area contributed by atoms with Crippen LogP contribution in [0.5, 0.6) is 0 Å². The number of rotatable bonds is 8. The van der Waals surface area contributed by atoms with Crippen molar-refractivity contribution in [1.29, 1.82) is 0 Å². The first-order valence-electron chi connectivity index (χ1n) is 13.9. The normalized spacial score (nSPS) is 19.2. The fourth-order valence-electron chi connectivity index (χ4n) is 5.11. The Bertz CT molecular complexity index is 1970. The average molecular weight is 611 g/mol. The highest BCUT2D eigenvalue weighted by Crippen LogP contribution is 2.36. The molecular formula is C32H26N4O9. The second-order valence-electron chi connectivity index (χ2n) is 10.1. The van der Waals surface area contributed by atoms with E-state index in [-0.39, 0.29) is 27.7 Å². The Labute approximate surface area is 254 Å². The zero-order chi connectivity index (χ0) is 31.5. The van der Waals surface area contributed by atoms with E-state index in [4.69, 9.17) is 18.9 Å². The maximum absolute atomic E-state index is 13.4. The van der Waals surface area contributed by atoms with Gasteiger partial charge in [0.15, 0.2) is 18.4 Å². The fraction of sp³-hybridized carbons (Fsp3) is 0.188. The summed E-state index contributed by atoms with van der Waals surface area (Å²) in [5.41, 5.74) is -0.807. The summed E-state index contributed by atoms with van der Waals surface area (Å²) in [5.74, 6) is -2.24. The number of esters is 3. The van der Waals surface area contributed by atoms with Crippen LogP contribution in [-0.4, -0.2) is 62.2 Å². The van der Waals surface area contributed by atoms with Gasteiger partial charge in [-0.15, -0.1) is 0 Å². The topological polar surface area (TPSA) is 161 Å². The van der Waals surface area contributed by atoms with Crippen LogP contribution < -0.4 is 11.2 Å². The van der Waals surface area contributed by atoms with Crippen molar-refractivity contribution in [2.45, 2.75) is 24.5 Å². The third-order valence-electron chi connectivity index (χ3n) is 7.27.